The van der Waals surface area contributed by atoms with Gasteiger partial charge in [0.15, 0.2) is 0 Å². The van der Waals surface area contributed by atoms with Crippen molar-refractivity contribution in [2.75, 3.05) is 38.2 Å². The van der Waals surface area contributed by atoms with Crippen LogP contribution >= 0.6 is 0 Å². The Balaban J connectivity index is 1.87. The number of anilines is 1. The smallest absolute Gasteiger partial charge is 0.409 e. The van der Waals surface area contributed by atoms with Gasteiger partial charge in [0.1, 0.15) is 0 Å². The highest BCUT2D eigenvalue weighted by Crippen LogP contribution is 2.27. The molecule has 1 aliphatic rings. The fraction of sp³-hybridized carbons (Fsp3) is 0.375. The molecule has 0 spiro atoms. The minimum absolute atomic E-state index is 0.245. The number of amides is 1. The molecule has 0 bridgehead atoms. The second-order valence-electron chi connectivity index (χ2n) is 5.24. The number of hydrogen-bond donors (Lipinski definition) is 0. The van der Waals surface area contributed by atoms with Gasteiger partial charge in [0.05, 0.1) is 12.6 Å². The largest absolute Gasteiger partial charge is 0.453 e. The second kappa shape index (κ2) is 5.60. The van der Waals surface area contributed by atoms with Crippen molar-refractivity contribution < 1.29 is 9.53 Å². The first-order valence-corrected chi connectivity index (χ1v) is 7.13. The Morgan fingerprint density at radius 1 is 1.19 bits per heavy atom. The molecule has 21 heavy (non-hydrogen) atoms. The van der Waals surface area contributed by atoms with Crippen molar-refractivity contribution in [1.29, 1.82) is 0 Å². The lowest BCUT2D eigenvalue weighted by molar-refractivity contribution is 0.121. The van der Waals surface area contributed by atoms with Crippen LogP contribution in [0.3, 0.4) is 0 Å². The van der Waals surface area contributed by atoms with Crippen LogP contribution in [0.4, 0.5) is 10.5 Å². The highest BCUT2D eigenvalue weighted by molar-refractivity contribution is 5.92. The number of para-hydroxylation sites is 1. The van der Waals surface area contributed by atoms with Crippen LogP contribution in [-0.2, 0) is 4.74 Å². The van der Waals surface area contributed by atoms with Crippen LogP contribution in [0.2, 0.25) is 0 Å². The summed E-state index contributed by atoms with van der Waals surface area (Å²) in [7, 11) is 1.43. The predicted octanol–water partition coefficient (Wildman–Crippen LogP) is 2.43. The van der Waals surface area contributed by atoms with Crippen LogP contribution in [0, 0.1) is 6.92 Å². The van der Waals surface area contributed by atoms with E-state index in [9.17, 15) is 4.79 Å². The van der Waals surface area contributed by atoms with Crippen LogP contribution in [0.5, 0.6) is 0 Å². The molecule has 1 amide bonds. The summed E-state index contributed by atoms with van der Waals surface area (Å²) in [6, 6.07) is 10.3. The summed E-state index contributed by atoms with van der Waals surface area (Å²) in [6.45, 7) is 5.00. The maximum atomic E-state index is 11.6. The van der Waals surface area contributed by atoms with E-state index >= 15 is 0 Å². The van der Waals surface area contributed by atoms with Gasteiger partial charge in [-0.2, -0.15) is 0 Å². The first kappa shape index (κ1) is 13.7. The molecule has 1 saturated heterocycles. The van der Waals surface area contributed by atoms with E-state index in [1.807, 2.05) is 25.1 Å². The molecule has 110 valence electrons. The molecular formula is C16H19N3O2. The van der Waals surface area contributed by atoms with Crippen LogP contribution in [0.1, 0.15) is 5.69 Å². The number of hydrogen-bond acceptors (Lipinski definition) is 4. The van der Waals surface area contributed by atoms with Gasteiger partial charge >= 0.3 is 6.09 Å². The van der Waals surface area contributed by atoms with Gasteiger partial charge in [-0.1, -0.05) is 18.2 Å². The number of aromatic nitrogens is 1. The molecule has 0 saturated carbocycles. The molecule has 1 aliphatic heterocycles. The molecule has 0 radical (unpaired) electrons. The van der Waals surface area contributed by atoms with Gasteiger partial charge in [0.2, 0.25) is 0 Å². The zero-order valence-corrected chi connectivity index (χ0v) is 12.4. The number of pyridine rings is 1. The Labute approximate surface area is 124 Å². The van der Waals surface area contributed by atoms with Gasteiger partial charge in [-0.15, -0.1) is 0 Å². The zero-order chi connectivity index (χ0) is 14.8. The lowest BCUT2D eigenvalue weighted by atomic mass is 10.1. The molecule has 1 aromatic heterocycles. The number of carbonyl (C=O) groups excluding carboxylic acids is 1. The molecule has 1 aromatic carbocycles. The maximum absolute atomic E-state index is 11.6. The minimum Gasteiger partial charge on any atom is -0.453 e. The molecule has 5 heteroatoms. The Morgan fingerprint density at radius 2 is 1.90 bits per heavy atom. The third-order valence-corrected chi connectivity index (χ3v) is 3.88. The van der Waals surface area contributed by atoms with Crippen LogP contribution < -0.4 is 4.90 Å². The van der Waals surface area contributed by atoms with Gasteiger partial charge in [0, 0.05) is 42.9 Å². The summed E-state index contributed by atoms with van der Waals surface area (Å²) in [6.07, 6.45) is -0.245. The monoisotopic (exact) mass is 285 g/mol. The predicted molar refractivity (Wildman–Crippen MR) is 82.7 cm³/mol. The van der Waals surface area contributed by atoms with E-state index in [2.05, 4.69) is 22.0 Å². The van der Waals surface area contributed by atoms with Crippen molar-refractivity contribution in [3.05, 3.63) is 36.0 Å². The summed E-state index contributed by atoms with van der Waals surface area (Å²) in [5.41, 5.74) is 3.23. The summed E-state index contributed by atoms with van der Waals surface area (Å²) < 4.78 is 4.78. The number of fused-ring (bicyclic) bond motifs is 1. The molecule has 0 N–H and O–H groups in total. The van der Waals surface area contributed by atoms with Crippen LogP contribution in [0.15, 0.2) is 30.3 Å². The number of benzene rings is 1. The van der Waals surface area contributed by atoms with Crippen molar-refractivity contribution in [3.8, 4) is 0 Å². The quantitative estimate of drug-likeness (QED) is 0.807. The fourth-order valence-corrected chi connectivity index (χ4v) is 2.81. The average Bonchev–Trinajstić information content (AvgIpc) is 2.53. The van der Waals surface area contributed by atoms with Gasteiger partial charge < -0.3 is 14.5 Å². The second-order valence-corrected chi connectivity index (χ2v) is 5.24. The molecule has 1 fully saturated rings. The average molecular weight is 285 g/mol. The Morgan fingerprint density at radius 3 is 2.62 bits per heavy atom. The van der Waals surface area contributed by atoms with Gasteiger partial charge in [-0.05, 0) is 19.1 Å². The molecule has 5 nitrogen and oxygen atoms in total. The first-order chi connectivity index (χ1) is 10.2. The van der Waals surface area contributed by atoms with E-state index in [0.717, 1.165) is 29.7 Å². The summed E-state index contributed by atoms with van der Waals surface area (Å²) in [5.74, 6) is 0. The molecule has 0 aliphatic carbocycles. The molecular weight excluding hydrogens is 266 g/mol. The first-order valence-electron chi connectivity index (χ1n) is 7.13. The number of piperazine rings is 1. The van der Waals surface area contributed by atoms with Gasteiger partial charge in [-0.25, -0.2) is 4.79 Å². The highest BCUT2D eigenvalue weighted by atomic mass is 16.5. The zero-order valence-electron chi connectivity index (χ0n) is 12.4. The van der Waals surface area contributed by atoms with Crippen molar-refractivity contribution >= 4 is 22.7 Å². The van der Waals surface area contributed by atoms with E-state index in [4.69, 9.17) is 4.74 Å². The number of ether oxygens (including phenoxy) is 1. The standard InChI is InChI=1S/C16H19N3O2/c1-12-11-15(13-5-3-4-6-14(13)17-12)18-7-9-19(10-8-18)16(20)21-2/h3-6,11H,7-10H2,1-2H3. The third-order valence-electron chi connectivity index (χ3n) is 3.88. The maximum Gasteiger partial charge on any atom is 0.409 e. The van der Waals surface area contributed by atoms with Crippen molar-refractivity contribution in [2.45, 2.75) is 6.92 Å². The van der Waals surface area contributed by atoms with E-state index in [1.54, 1.807) is 4.90 Å². The van der Waals surface area contributed by atoms with E-state index in [0.29, 0.717) is 13.1 Å². The lowest BCUT2D eigenvalue weighted by Gasteiger charge is -2.35. The number of methoxy groups -OCH3 is 1. The molecule has 2 heterocycles. The molecule has 0 unspecified atom stereocenters. The summed E-state index contributed by atoms with van der Waals surface area (Å²) in [4.78, 5) is 20.2. The number of nitrogens with zero attached hydrogens (tertiary/aromatic N) is 3. The summed E-state index contributed by atoms with van der Waals surface area (Å²) >= 11 is 0. The van der Waals surface area contributed by atoms with E-state index < -0.39 is 0 Å². The van der Waals surface area contributed by atoms with Crippen molar-refractivity contribution in [1.82, 2.24) is 9.88 Å². The normalized spacial score (nSPS) is 15.3. The third kappa shape index (κ3) is 2.63. The Kier molecular flexibility index (Phi) is 3.64. The number of rotatable bonds is 1. The van der Waals surface area contributed by atoms with Crippen LogP contribution in [-0.4, -0.2) is 49.3 Å². The molecule has 2 aromatic rings. The highest BCUT2D eigenvalue weighted by Gasteiger charge is 2.22. The summed E-state index contributed by atoms with van der Waals surface area (Å²) in [5, 5.41) is 1.16. The lowest BCUT2D eigenvalue weighted by Crippen LogP contribution is -2.48. The topological polar surface area (TPSA) is 45.7 Å². The minimum atomic E-state index is -0.245. The number of carbonyl (C=O) groups is 1. The SMILES string of the molecule is COC(=O)N1CCN(c2cc(C)nc3ccccc23)CC1. The van der Waals surface area contributed by atoms with E-state index in [-0.39, 0.29) is 6.09 Å². The number of aryl methyl sites for hydroxylation is 1. The fourth-order valence-electron chi connectivity index (χ4n) is 2.81. The van der Waals surface area contributed by atoms with Crippen LogP contribution in [0.25, 0.3) is 10.9 Å². The van der Waals surface area contributed by atoms with Gasteiger partial charge in [0.25, 0.3) is 0 Å². The molecule has 0 atom stereocenters. The molecule has 3 rings (SSSR count). The Hall–Kier alpha value is -2.30. The van der Waals surface area contributed by atoms with Crippen molar-refractivity contribution in [3.63, 3.8) is 0 Å². The van der Waals surface area contributed by atoms with Crippen molar-refractivity contribution in [2.24, 2.45) is 0 Å². The van der Waals surface area contributed by atoms with E-state index in [1.165, 1.54) is 12.8 Å². The van der Waals surface area contributed by atoms with Gasteiger partial charge in [-0.3, -0.25) is 4.98 Å². The Bertz CT molecular complexity index is 664.